The highest BCUT2D eigenvalue weighted by Gasteiger charge is 2.25. The van der Waals surface area contributed by atoms with Gasteiger partial charge in [-0.1, -0.05) is 13.3 Å². The molecule has 3 rings (SSSR count). The number of rotatable bonds is 9. The van der Waals surface area contributed by atoms with E-state index in [1.54, 1.807) is 7.05 Å². The molecule has 0 saturated carbocycles. The summed E-state index contributed by atoms with van der Waals surface area (Å²) in [6.07, 6.45) is 4.09. The fourth-order valence-corrected chi connectivity index (χ4v) is 3.33. The van der Waals surface area contributed by atoms with Crippen LogP contribution < -0.4 is 27.4 Å². The zero-order valence-electron chi connectivity index (χ0n) is 18.2. The number of methoxy groups -OCH3 is 1. The van der Waals surface area contributed by atoms with Crippen molar-refractivity contribution in [2.45, 2.75) is 32.9 Å². The molecular weight excluding hydrogens is 420 g/mol. The summed E-state index contributed by atoms with van der Waals surface area (Å²) in [6.45, 7) is 1.94. The summed E-state index contributed by atoms with van der Waals surface area (Å²) in [5, 5.41) is 4.26. The van der Waals surface area contributed by atoms with Crippen LogP contribution in [-0.4, -0.2) is 55.1 Å². The summed E-state index contributed by atoms with van der Waals surface area (Å²) >= 11 is 0. The molecule has 0 spiro atoms. The first kappa shape index (κ1) is 22.9. The number of hydrogen-bond donors (Lipinski definition) is 2. The molecule has 3 aromatic heterocycles. The molecule has 1 amide bonds. The zero-order chi connectivity index (χ0) is 23.4. The van der Waals surface area contributed by atoms with Crippen LogP contribution in [0, 0.1) is 0 Å². The van der Waals surface area contributed by atoms with Gasteiger partial charge in [0, 0.05) is 27.2 Å². The summed E-state index contributed by atoms with van der Waals surface area (Å²) in [5.74, 6) is -0.711. The van der Waals surface area contributed by atoms with Crippen LogP contribution in [0.1, 0.15) is 19.8 Å². The highest BCUT2D eigenvalue weighted by molar-refractivity contribution is 5.95. The van der Waals surface area contributed by atoms with Crippen molar-refractivity contribution in [1.82, 2.24) is 28.9 Å². The predicted octanol–water partition coefficient (Wildman–Crippen LogP) is -0.958. The Hall–Kier alpha value is -3.74. The molecule has 3 aromatic rings. The molecule has 0 aliphatic heterocycles. The van der Waals surface area contributed by atoms with Crippen LogP contribution in [0.4, 0.5) is 11.5 Å². The van der Waals surface area contributed by atoms with Crippen molar-refractivity contribution in [3.05, 3.63) is 43.7 Å². The molecule has 0 bridgehead atoms. The highest BCUT2D eigenvalue weighted by atomic mass is 16.5. The van der Waals surface area contributed by atoms with Gasteiger partial charge in [-0.05, 0) is 6.42 Å². The van der Waals surface area contributed by atoms with E-state index in [9.17, 15) is 19.2 Å². The molecule has 0 saturated heterocycles. The van der Waals surface area contributed by atoms with Crippen LogP contribution in [-0.2, 0) is 29.7 Å². The van der Waals surface area contributed by atoms with Crippen molar-refractivity contribution >= 4 is 28.4 Å². The average molecular weight is 446 g/mol. The van der Waals surface area contributed by atoms with E-state index in [4.69, 9.17) is 10.5 Å². The fourth-order valence-electron chi connectivity index (χ4n) is 3.33. The lowest BCUT2D eigenvalue weighted by Gasteiger charge is -2.24. The van der Waals surface area contributed by atoms with Gasteiger partial charge in [-0.15, -0.1) is 0 Å². The molecule has 0 aliphatic rings. The fraction of sp³-hybridized carbons (Fsp3) is 0.474. The van der Waals surface area contributed by atoms with Crippen molar-refractivity contribution in [3.63, 3.8) is 0 Å². The third kappa shape index (κ3) is 4.32. The van der Waals surface area contributed by atoms with Gasteiger partial charge in [0.05, 0.1) is 12.8 Å². The van der Waals surface area contributed by atoms with Gasteiger partial charge < -0.3 is 15.4 Å². The third-order valence-corrected chi connectivity index (χ3v) is 5.06. The van der Waals surface area contributed by atoms with E-state index in [0.717, 1.165) is 15.9 Å². The number of aryl methyl sites for hydroxylation is 1. The Labute approximate surface area is 182 Å². The number of unbranched alkanes of at least 4 members (excludes halogenated alkanes) is 1. The maximum Gasteiger partial charge on any atom is 0.330 e. The topological polar surface area (TPSA) is 163 Å². The number of hydrogen-bond acceptors (Lipinski definition) is 8. The Morgan fingerprint density at radius 2 is 2.06 bits per heavy atom. The maximum absolute atomic E-state index is 13.2. The van der Waals surface area contributed by atoms with Crippen molar-refractivity contribution in [3.8, 4) is 0 Å². The van der Waals surface area contributed by atoms with E-state index in [2.05, 4.69) is 15.1 Å². The summed E-state index contributed by atoms with van der Waals surface area (Å²) in [4.78, 5) is 58.3. The number of aromatic nitrogens is 6. The minimum atomic E-state index is -0.794. The van der Waals surface area contributed by atoms with E-state index in [1.165, 1.54) is 28.9 Å². The first-order valence-electron chi connectivity index (χ1n) is 10.1. The second-order valence-electron chi connectivity index (χ2n) is 7.22. The van der Waals surface area contributed by atoms with Crippen LogP contribution in [0.25, 0.3) is 11.0 Å². The third-order valence-electron chi connectivity index (χ3n) is 5.06. The maximum atomic E-state index is 13.2. The van der Waals surface area contributed by atoms with Gasteiger partial charge in [-0.2, -0.15) is 5.10 Å². The zero-order valence-corrected chi connectivity index (χ0v) is 18.2. The van der Waals surface area contributed by atoms with Crippen molar-refractivity contribution in [2.24, 2.45) is 7.05 Å². The van der Waals surface area contributed by atoms with Crippen LogP contribution in [0.15, 0.2) is 26.9 Å². The Morgan fingerprint density at radius 3 is 2.75 bits per heavy atom. The molecule has 13 heteroatoms. The lowest BCUT2D eigenvalue weighted by Crippen LogP contribution is -2.44. The average Bonchev–Trinajstić information content (AvgIpc) is 3.13. The monoisotopic (exact) mass is 446 g/mol. The van der Waals surface area contributed by atoms with E-state index >= 15 is 0 Å². The Bertz CT molecular complexity index is 1300. The molecule has 0 aliphatic carbocycles. The number of anilines is 2. The number of nitrogens with zero attached hydrogens (tertiary/aromatic N) is 6. The molecule has 0 unspecified atom stereocenters. The number of fused-ring (bicyclic) bond motifs is 1. The van der Waals surface area contributed by atoms with Gasteiger partial charge in [-0.25, -0.2) is 9.78 Å². The Kier molecular flexibility index (Phi) is 6.88. The molecule has 0 atom stereocenters. The summed E-state index contributed by atoms with van der Waals surface area (Å²) in [6, 6.07) is 0. The van der Waals surface area contributed by atoms with E-state index in [-0.39, 0.29) is 36.6 Å². The number of aromatic amines is 1. The van der Waals surface area contributed by atoms with Gasteiger partial charge in [0.15, 0.2) is 11.3 Å². The number of carbonyl (C=O) groups is 1. The summed E-state index contributed by atoms with van der Waals surface area (Å²) in [5.41, 5.74) is 4.49. The number of ether oxygens (including phenoxy) is 1. The van der Waals surface area contributed by atoms with Crippen LogP contribution in [0.2, 0.25) is 0 Å². The number of carbonyl (C=O) groups excluding carboxylic acids is 1. The number of amides is 1. The lowest BCUT2D eigenvalue weighted by atomic mass is 10.3. The van der Waals surface area contributed by atoms with Crippen molar-refractivity contribution in [1.29, 1.82) is 0 Å². The minimum absolute atomic E-state index is 0.00803. The van der Waals surface area contributed by atoms with E-state index < -0.39 is 29.3 Å². The molecule has 3 N–H and O–H groups in total. The Balaban J connectivity index is 2.03. The van der Waals surface area contributed by atoms with Crippen LogP contribution in [0.5, 0.6) is 0 Å². The number of nitrogens with two attached hydrogens (primary N) is 1. The second-order valence-corrected chi connectivity index (χ2v) is 7.22. The van der Waals surface area contributed by atoms with E-state index in [1.807, 2.05) is 6.92 Å². The predicted molar refractivity (Wildman–Crippen MR) is 118 cm³/mol. The van der Waals surface area contributed by atoms with Crippen molar-refractivity contribution < 1.29 is 9.53 Å². The Morgan fingerprint density at radius 1 is 1.31 bits per heavy atom. The smallest absolute Gasteiger partial charge is 0.330 e. The standard InChI is InChI=1S/C19H26N8O5/c1-4-5-6-27-15(20)14(17(29)23-19(27)31)26(7-8-32-3)13(28)10-25-11-21-16-12(18(25)30)9-22-24(16)2/h9,11H,4-8,10,20H2,1-3H3,(H,23,29,31). The van der Waals surface area contributed by atoms with Crippen molar-refractivity contribution in [2.75, 3.05) is 30.9 Å². The van der Waals surface area contributed by atoms with Crippen LogP contribution in [0.3, 0.4) is 0 Å². The molecule has 3 heterocycles. The normalized spacial score (nSPS) is 11.2. The molecule has 13 nitrogen and oxygen atoms in total. The van der Waals surface area contributed by atoms with E-state index in [0.29, 0.717) is 12.1 Å². The number of nitrogens with one attached hydrogen (secondary N) is 1. The molecule has 172 valence electrons. The van der Waals surface area contributed by atoms with Gasteiger partial charge in [-0.3, -0.25) is 33.2 Å². The summed E-state index contributed by atoms with van der Waals surface area (Å²) in [7, 11) is 3.10. The molecule has 0 aromatic carbocycles. The first-order valence-corrected chi connectivity index (χ1v) is 10.1. The molecule has 0 radical (unpaired) electrons. The van der Waals surface area contributed by atoms with Crippen LogP contribution >= 0.6 is 0 Å². The van der Waals surface area contributed by atoms with Gasteiger partial charge in [0.1, 0.15) is 24.1 Å². The lowest BCUT2D eigenvalue weighted by molar-refractivity contribution is -0.119. The largest absolute Gasteiger partial charge is 0.383 e. The molecule has 0 fully saturated rings. The minimum Gasteiger partial charge on any atom is -0.383 e. The van der Waals surface area contributed by atoms with Gasteiger partial charge in [0.25, 0.3) is 11.1 Å². The van der Waals surface area contributed by atoms with Gasteiger partial charge >= 0.3 is 5.69 Å². The highest BCUT2D eigenvalue weighted by Crippen LogP contribution is 2.18. The number of nitrogen functional groups attached to an aromatic ring is 1. The second kappa shape index (κ2) is 9.60. The SMILES string of the molecule is CCCCn1c(N)c(N(CCOC)C(=O)Cn2cnc3c(cnn3C)c2=O)c(=O)[nH]c1=O. The molecule has 32 heavy (non-hydrogen) atoms. The number of H-pyrrole nitrogens is 1. The molecular formula is C19H26N8O5. The first-order chi connectivity index (χ1) is 15.3. The summed E-state index contributed by atoms with van der Waals surface area (Å²) < 4.78 is 8.88. The van der Waals surface area contributed by atoms with Gasteiger partial charge in [0.2, 0.25) is 5.91 Å². The quantitative estimate of drug-likeness (QED) is 0.424.